The van der Waals surface area contributed by atoms with Crippen molar-refractivity contribution in [2.45, 2.75) is 62.2 Å². The SMILES string of the molecule is CCC1CC(Nc2ncnn3c([C@@H]4O[C@@H]5C(OC[PH](=O)O)[C@]5(O)[C@H]4O)cnc23)C1. The van der Waals surface area contributed by atoms with Crippen LogP contribution in [0.3, 0.4) is 0 Å². The summed E-state index contributed by atoms with van der Waals surface area (Å²) >= 11 is 0. The number of fused-ring (bicyclic) bond motifs is 2. The molecule has 6 atom stereocenters. The predicted molar refractivity (Wildman–Crippen MR) is 101 cm³/mol. The molecule has 3 heterocycles. The lowest BCUT2D eigenvalue weighted by molar-refractivity contribution is -0.0810. The molecule has 11 nitrogen and oxygen atoms in total. The van der Waals surface area contributed by atoms with Crippen molar-refractivity contribution in [3.8, 4) is 0 Å². The molecule has 158 valence electrons. The fraction of sp³-hybridized carbons (Fsp3) is 0.706. The summed E-state index contributed by atoms with van der Waals surface area (Å²) in [7, 11) is -2.82. The number of aliphatic hydroxyl groups excluding tert-OH is 1. The number of imidazole rings is 1. The Kier molecular flexibility index (Phi) is 4.65. The van der Waals surface area contributed by atoms with Crippen LogP contribution < -0.4 is 5.32 Å². The highest BCUT2D eigenvalue weighted by atomic mass is 31.1. The lowest BCUT2D eigenvalue weighted by Gasteiger charge is -2.35. The molecule has 4 N–H and O–H groups in total. The Balaban J connectivity index is 1.33. The van der Waals surface area contributed by atoms with Gasteiger partial charge in [0, 0.05) is 6.04 Å². The molecule has 2 saturated carbocycles. The minimum atomic E-state index is -2.82. The van der Waals surface area contributed by atoms with Crippen molar-refractivity contribution in [2.24, 2.45) is 5.92 Å². The molecule has 5 rings (SSSR count). The molecule has 2 aromatic rings. The van der Waals surface area contributed by atoms with Crippen LogP contribution >= 0.6 is 8.03 Å². The normalized spacial score (nSPS) is 39.2. The fourth-order valence-electron chi connectivity index (χ4n) is 4.45. The monoisotopic (exact) mass is 425 g/mol. The van der Waals surface area contributed by atoms with E-state index in [1.807, 2.05) is 0 Å². The van der Waals surface area contributed by atoms with E-state index in [9.17, 15) is 14.8 Å². The average Bonchev–Trinajstić information content (AvgIpc) is 2.93. The summed E-state index contributed by atoms with van der Waals surface area (Å²) < 4.78 is 23.4. The third kappa shape index (κ3) is 2.99. The van der Waals surface area contributed by atoms with Crippen LogP contribution in [0, 0.1) is 5.92 Å². The molecule has 1 aliphatic heterocycles. The van der Waals surface area contributed by atoms with E-state index in [-0.39, 0.29) is 6.35 Å². The van der Waals surface area contributed by atoms with Crippen LogP contribution in [-0.4, -0.2) is 71.0 Å². The summed E-state index contributed by atoms with van der Waals surface area (Å²) in [5.74, 6) is 1.37. The fourth-order valence-corrected chi connectivity index (χ4v) is 4.77. The van der Waals surface area contributed by atoms with Crippen LogP contribution in [0.5, 0.6) is 0 Å². The van der Waals surface area contributed by atoms with Gasteiger partial charge in [0.25, 0.3) is 0 Å². The summed E-state index contributed by atoms with van der Waals surface area (Å²) in [6.07, 6.45) is 2.23. The van der Waals surface area contributed by atoms with Crippen molar-refractivity contribution < 1.29 is 29.1 Å². The Morgan fingerprint density at radius 3 is 2.90 bits per heavy atom. The van der Waals surface area contributed by atoms with E-state index < -0.39 is 38.0 Å². The van der Waals surface area contributed by atoms with Gasteiger partial charge >= 0.3 is 0 Å². The Labute approximate surface area is 166 Å². The summed E-state index contributed by atoms with van der Waals surface area (Å²) in [5.41, 5.74) is -0.591. The first kappa shape index (κ1) is 19.3. The first-order valence-electron chi connectivity index (χ1n) is 9.77. The first-order valence-corrected chi connectivity index (χ1v) is 11.3. The minimum Gasteiger partial charge on any atom is -0.387 e. The van der Waals surface area contributed by atoms with E-state index in [1.165, 1.54) is 12.7 Å². The van der Waals surface area contributed by atoms with Gasteiger partial charge in [-0.3, -0.25) is 4.57 Å². The van der Waals surface area contributed by atoms with Crippen molar-refractivity contribution in [2.75, 3.05) is 11.7 Å². The van der Waals surface area contributed by atoms with Crippen LogP contribution in [0.25, 0.3) is 5.65 Å². The number of hydrogen-bond acceptors (Lipinski definition) is 9. The molecule has 12 heteroatoms. The Morgan fingerprint density at radius 2 is 2.24 bits per heavy atom. The van der Waals surface area contributed by atoms with Gasteiger partial charge in [0.2, 0.25) is 8.03 Å². The molecule has 2 aromatic heterocycles. The highest BCUT2D eigenvalue weighted by molar-refractivity contribution is 7.37. The van der Waals surface area contributed by atoms with Crippen molar-refractivity contribution in [1.29, 1.82) is 0 Å². The highest BCUT2D eigenvalue weighted by Crippen LogP contribution is 2.56. The van der Waals surface area contributed by atoms with Gasteiger partial charge in [0.1, 0.15) is 37.1 Å². The lowest BCUT2D eigenvalue weighted by Crippen LogP contribution is -2.36. The van der Waals surface area contributed by atoms with Crippen LogP contribution in [0.1, 0.15) is 38.0 Å². The lowest BCUT2D eigenvalue weighted by atomic mass is 9.79. The molecule has 0 spiro atoms. The molecule has 0 aromatic carbocycles. The molecule has 29 heavy (non-hydrogen) atoms. The second-order valence-electron chi connectivity index (χ2n) is 8.05. The maximum Gasteiger partial charge on any atom is 0.214 e. The van der Waals surface area contributed by atoms with Gasteiger partial charge in [-0.05, 0) is 18.8 Å². The maximum absolute atomic E-state index is 10.8. The number of aromatic nitrogens is 4. The highest BCUT2D eigenvalue weighted by Gasteiger charge is 2.77. The summed E-state index contributed by atoms with van der Waals surface area (Å²) in [6.45, 7) is 2.19. The molecule has 2 unspecified atom stereocenters. The van der Waals surface area contributed by atoms with E-state index in [0.717, 1.165) is 18.8 Å². The molecule has 0 amide bonds. The zero-order valence-corrected chi connectivity index (χ0v) is 16.8. The second kappa shape index (κ2) is 6.97. The number of anilines is 1. The third-order valence-corrected chi connectivity index (χ3v) is 6.71. The van der Waals surface area contributed by atoms with E-state index in [4.69, 9.17) is 14.4 Å². The van der Waals surface area contributed by atoms with Crippen LogP contribution in [-0.2, 0) is 14.0 Å². The molecule has 3 fully saturated rings. The Hall–Kier alpha value is -1.62. The summed E-state index contributed by atoms with van der Waals surface area (Å²) in [6, 6.07) is 0.359. The van der Waals surface area contributed by atoms with E-state index in [0.29, 0.717) is 23.2 Å². The zero-order valence-electron chi connectivity index (χ0n) is 15.8. The van der Waals surface area contributed by atoms with Gasteiger partial charge in [-0.25, -0.2) is 14.5 Å². The van der Waals surface area contributed by atoms with Gasteiger partial charge < -0.3 is 29.9 Å². The van der Waals surface area contributed by atoms with Gasteiger partial charge in [-0.1, -0.05) is 13.3 Å². The number of nitrogens with one attached hydrogen (secondary N) is 1. The molecule has 1 saturated heterocycles. The third-order valence-electron chi connectivity index (χ3n) is 6.29. The quantitative estimate of drug-likeness (QED) is 0.449. The number of aliphatic hydroxyl groups is 2. The molecule has 0 radical (unpaired) electrons. The smallest absolute Gasteiger partial charge is 0.214 e. The van der Waals surface area contributed by atoms with Crippen molar-refractivity contribution in [1.82, 2.24) is 19.6 Å². The van der Waals surface area contributed by atoms with Crippen molar-refractivity contribution >= 4 is 19.5 Å². The van der Waals surface area contributed by atoms with E-state index in [2.05, 4.69) is 27.3 Å². The van der Waals surface area contributed by atoms with Gasteiger partial charge in [-0.2, -0.15) is 5.10 Å². The van der Waals surface area contributed by atoms with Gasteiger partial charge in [-0.15, -0.1) is 0 Å². The molecular formula is C17H24N5O6P. The Morgan fingerprint density at radius 1 is 1.45 bits per heavy atom. The number of hydrogen-bond donors (Lipinski definition) is 4. The topological polar surface area (TPSA) is 151 Å². The van der Waals surface area contributed by atoms with Gasteiger partial charge in [0.05, 0.1) is 11.9 Å². The molecule has 0 bridgehead atoms. The number of nitrogens with zero attached hydrogens (tertiary/aromatic N) is 4. The molecular weight excluding hydrogens is 401 g/mol. The second-order valence-corrected chi connectivity index (χ2v) is 9.12. The van der Waals surface area contributed by atoms with Gasteiger partial charge in [0.15, 0.2) is 17.1 Å². The van der Waals surface area contributed by atoms with Crippen LogP contribution in [0.2, 0.25) is 0 Å². The molecule has 3 aliphatic rings. The zero-order chi connectivity index (χ0) is 20.3. The summed E-state index contributed by atoms with van der Waals surface area (Å²) in [5, 5.41) is 29.0. The standard InChI is InChI=1S/C17H24N5O6P/c1-2-8-3-9(4-8)21-15-16-18-5-10(22(16)20-6-19-15)11-12(23)17(24)13(14(17)28-11)27-7-29(25)26/h5-6,8-9,11-14,23-24,29H,2-4,7H2,1H3,(H,25,26)(H,19,20,21)/t8?,9?,11-,12-,13?,14+,17+/m0/s1. The van der Waals surface area contributed by atoms with E-state index >= 15 is 0 Å². The van der Waals surface area contributed by atoms with Crippen LogP contribution in [0.4, 0.5) is 5.82 Å². The predicted octanol–water partition coefficient (Wildman–Crippen LogP) is 0.0800. The van der Waals surface area contributed by atoms with Crippen LogP contribution in [0.15, 0.2) is 12.5 Å². The number of ether oxygens (including phenoxy) is 2. The van der Waals surface area contributed by atoms with Crippen molar-refractivity contribution in [3.63, 3.8) is 0 Å². The maximum atomic E-state index is 10.8. The Bertz CT molecular complexity index is 952. The average molecular weight is 425 g/mol. The van der Waals surface area contributed by atoms with E-state index in [1.54, 1.807) is 10.7 Å². The minimum absolute atomic E-state index is 0.359. The number of rotatable bonds is 7. The summed E-state index contributed by atoms with van der Waals surface area (Å²) in [4.78, 5) is 17.6. The molecule has 2 aliphatic carbocycles. The first-order chi connectivity index (χ1) is 13.9. The largest absolute Gasteiger partial charge is 0.387 e. The van der Waals surface area contributed by atoms with Crippen molar-refractivity contribution in [3.05, 3.63) is 18.2 Å².